The maximum absolute atomic E-state index is 5.80. The van der Waals surface area contributed by atoms with Crippen LogP contribution in [0.4, 0.5) is 0 Å². The molecule has 0 aliphatic heterocycles. The average molecular weight is 393 g/mol. The fourth-order valence-electron chi connectivity index (χ4n) is 3.04. The molecular formula is C20H18OSn. The Bertz CT molecular complexity index is 599. The van der Waals surface area contributed by atoms with E-state index in [0.717, 1.165) is 22.9 Å². The van der Waals surface area contributed by atoms with Gasteiger partial charge >= 0.3 is 146 Å². The molecule has 0 unspecified atom stereocenters. The molecule has 0 aliphatic rings. The van der Waals surface area contributed by atoms with Gasteiger partial charge in [0, 0.05) is 0 Å². The SMILES string of the molecule is [SnH][O]CC(c1ccccc1)(c1ccccc1)c1ccccc1. The van der Waals surface area contributed by atoms with Gasteiger partial charge in [0.15, 0.2) is 0 Å². The van der Waals surface area contributed by atoms with Crippen molar-refractivity contribution in [3.05, 3.63) is 108 Å². The summed E-state index contributed by atoms with van der Waals surface area (Å²) in [6, 6.07) is 31.9. The van der Waals surface area contributed by atoms with Gasteiger partial charge in [-0.3, -0.25) is 0 Å². The van der Waals surface area contributed by atoms with Crippen LogP contribution in [0.5, 0.6) is 0 Å². The van der Waals surface area contributed by atoms with E-state index in [1.165, 1.54) is 16.7 Å². The van der Waals surface area contributed by atoms with Gasteiger partial charge in [0.1, 0.15) is 0 Å². The van der Waals surface area contributed by atoms with Crippen LogP contribution in [0.1, 0.15) is 16.7 Å². The van der Waals surface area contributed by atoms with E-state index in [2.05, 4.69) is 91.0 Å². The number of rotatable bonds is 5. The van der Waals surface area contributed by atoms with E-state index in [4.69, 9.17) is 3.07 Å². The van der Waals surface area contributed by atoms with Crippen molar-refractivity contribution in [2.24, 2.45) is 0 Å². The Labute approximate surface area is 145 Å². The molecule has 2 heteroatoms. The maximum atomic E-state index is 5.80. The fourth-order valence-corrected chi connectivity index (χ4v) is 3.76. The number of hydrogen-bond acceptors (Lipinski definition) is 1. The van der Waals surface area contributed by atoms with Crippen molar-refractivity contribution in [2.45, 2.75) is 5.41 Å². The molecule has 0 bridgehead atoms. The first-order valence-corrected chi connectivity index (χ1v) is 8.71. The van der Waals surface area contributed by atoms with Gasteiger partial charge in [-0.05, 0) is 0 Å². The predicted octanol–water partition coefficient (Wildman–Crippen LogP) is 3.85. The Balaban J connectivity index is 2.29. The summed E-state index contributed by atoms with van der Waals surface area (Å²) in [7, 11) is 0. The van der Waals surface area contributed by atoms with Crippen LogP contribution in [0, 0.1) is 0 Å². The third-order valence-electron chi connectivity index (χ3n) is 4.10. The van der Waals surface area contributed by atoms with Crippen molar-refractivity contribution in [1.82, 2.24) is 0 Å². The van der Waals surface area contributed by atoms with Crippen molar-refractivity contribution < 1.29 is 3.07 Å². The van der Waals surface area contributed by atoms with Gasteiger partial charge in [-0.1, -0.05) is 0 Å². The number of hydrogen-bond donors (Lipinski definition) is 0. The second kappa shape index (κ2) is 7.12. The Kier molecular flexibility index (Phi) is 4.96. The van der Waals surface area contributed by atoms with Gasteiger partial charge in [0.25, 0.3) is 0 Å². The Morgan fingerprint density at radius 3 is 1.18 bits per heavy atom. The standard InChI is InChI=1S/C20H17O.Sn.H/c21-16-20(17-10-4-1-5-11-17,18-12-6-2-7-13-18)19-14-8-3-9-15-19;;/h1-15H,16H2;;/q-1;+1;. The molecule has 2 radical (unpaired) electrons. The van der Waals surface area contributed by atoms with Crippen LogP contribution in [-0.2, 0) is 8.49 Å². The zero-order valence-electron chi connectivity index (χ0n) is 12.4. The Morgan fingerprint density at radius 1 is 0.591 bits per heavy atom. The fraction of sp³-hybridized carbons (Fsp3) is 0.100. The van der Waals surface area contributed by atoms with E-state index in [1.807, 2.05) is 0 Å². The van der Waals surface area contributed by atoms with Crippen molar-refractivity contribution in [3.8, 4) is 0 Å². The number of benzene rings is 3. The summed E-state index contributed by atoms with van der Waals surface area (Å²) >= 11 is 0.790. The molecule has 1 nitrogen and oxygen atoms in total. The molecule has 3 aromatic carbocycles. The molecular weight excluding hydrogens is 375 g/mol. The first-order chi connectivity index (χ1) is 10.9. The van der Waals surface area contributed by atoms with E-state index >= 15 is 0 Å². The van der Waals surface area contributed by atoms with E-state index in [1.54, 1.807) is 0 Å². The molecule has 0 fully saturated rings. The van der Waals surface area contributed by atoms with E-state index < -0.39 is 0 Å². The summed E-state index contributed by atoms with van der Waals surface area (Å²) < 4.78 is 5.80. The molecule has 0 spiro atoms. The van der Waals surface area contributed by atoms with Crippen molar-refractivity contribution in [3.63, 3.8) is 0 Å². The van der Waals surface area contributed by atoms with Crippen LogP contribution in [0.25, 0.3) is 0 Å². The van der Waals surface area contributed by atoms with Crippen LogP contribution in [-0.4, -0.2) is 29.5 Å². The van der Waals surface area contributed by atoms with Gasteiger partial charge in [-0.25, -0.2) is 0 Å². The molecule has 0 N–H and O–H groups in total. The van der Waals surface area contributed by atoms with E-state index in [0.29, 0.717) is 6.61 Å². The molecule has 3 aromatic rings. The average Bonchev–Trinajstić information content (AvgIpc) is 2.62. The Hall–Kier alpha value is -1.58. The summed E-state index contributed by atoms with van der Waals surface area (Å²) in [5, 5.41) is 0. The quantitative estimate of drug-likeness (QED) is 0.473. The minimum absolute atomic E-state index is 0.261. The zero-order chi connectivity index (χ0) is 15.3. The van der Waals surface area contributed by atoms with Crippen LogP contribution in [0.3, 0.4) is 0 Å². The topological polar surface area (TPSA) is 9.23 Å². The van der Waals surface area contributed by atoms with E-state index in [-0.39, 0.29) is 5.41 Å². The molecule has 3 rings (SSSR count). The second-order valence-corrected chi connectivity index (χ2v) is 6.27. The van der Waals surface area contributed by atoms with Crippen molar-refractivity contribution in [2.75, 3.05) is 6.61 Å². The zero-order valence-corrected chi connectivity index (χ0v) is 15.6. The predicted molar refractivity (Wildman–Crippen MR) is 92.3 cm³/mol. The summed E-state index contributed by atoms with van der Waals surface area (Å²) in [4.78, 5) is 0. The van der Waals surface area contributed by atoms with Crippen LogP contribution in [0.2, 0.25) is 0 Å². The molecule has 22 heavy (non-hydrogen) atoms. The molecule has 0 aliphatic carbocycles. The summed E-state index contributed by atoms with van der Waals surface area (Å²) in [6.07, 6.45) is 0. The van der Waals surface area contributed by atoms with Crippen molar-refractivity contribution in [1.29, 1.82) is 0 Å². The molecule has 0 heterocycles. The van der Waals surface area contributed by atoms with Gasteiger partial charge in [-0.15, -0.1) is 0 Å². The van der Waals surface area contributed by atoms with Crippen molar-refractivity contribution >= 4 is 22.9 Å². The minimum atomic E-state index is -0.261. The second-order valence-electron chi connectivity index (χ2n) is 5.31. The first kappa shape index (κ1) is 15.3. The monoisotopic (exact) mass is 394 g/mol. The van der Waals surface area contributed by atoms with Crippen LogP contribution >= 0.6 is 0 Å². The molecule has 108 valence electrons. The van der Waals surface area contributed by atoms with Crippen LogP contribution in [0.15, 0.2) is 91.0 Å². The molecule has 0 aromatic heterocycles. The summed E-state index contributed by atoms with van der Waals surface area (Å²) in [6.45, 7) is 0.660. The van der Waals surface area contributed by atoms with Gasteiger partial charge in [0.05, 0.1) is 0 Å². The molecule has 0 saturated heterocycles. The molecule has 0 atom stereocenters. The van der Waals surface area contributed by atoms with Gasteiger partial charge in [0.2, 0.25) is 0 Å². The van der Waals surface area contributed by atoms with Crippen LogP contribution < -0.4 is 0 Å². The first-order valence-electron chi connectivity index (χ1n) is 7.36. The summed E-state index contributed by atoms with van der Waals surface area (Å²) in [5.74, 6) is 0. The Morgan fingerprint density at radius 2 is 0.909 bits per heavy atom. The molecule has 0 saturated carbocycles. The normalized spacial score (nSPS) is 11.3. The summed E-state index contributed by atoms with van der Waals surface area (Å²) in [5.41, 5.74) is 3.54. The third kappa shape index (κ3) is 2.83. The van der Waals surface area contributed by atoms with Gasteiger partial charge in [-0.2, -0.15) is 0 Å². The molecule has 0 amide bonds. The van der Waals surface area contributed by atoms with E-state index in [9.17, 15) is 0 Å². The third-order valence-corrected chi connectivity index (χ3v) is 4.58. The van der Waals surface area contributed by atoms with Gasteiger partial charge < -0.3 is 0 Å².